The summed E-state index contributed by atoms with van der Waals surface area (Å²) < 4.78 is 1.86. The highest BCUT2D eigenvalue weighted by atomic mass is 16.2. The van der Waals surface area contributed by atoms with Gasteiger partial charge in [-0.1, -0.05) is 6.07 Å². The molecule has 0 radical (unpaired) electrons. The number of carbonyl (C=O) groups excluding carboxylic acids is 1. The Balaban J connectivity index is 1.30. The van der Waals surface area contributed by atoms with Gasteiger partial charge in [0.2, 0.25) is 0 Å². The molecule has 0 N–H and O–H groups in total. The zero-order valence-corrected chi connectivity index (χ0v) is 21.8. The molecule has 0 unspecified atom stereocenters. The van der Waals surface area contributed by atoms with Crippen LogP contribution < -0.4 is 4.90 Å². The number of pyridine rings is 1. The highest BCUT2D eigenvalue weighted by Crippen LogP contribution is 2.21. The van der Waals surface area contributed by atoms with Gasteiger partial charge in [-0.05, 0) is 85.4 Å². The molecule has 2 aromatic heterocycles. The summed E-state index contributed by atoms with van der Waals surface area (Å²) in [7, 11) is 4.36. The van der Waals surface area contributed by atoms with Crippen molar-refractivity contribution in [2.75, 3.05) is 58.3 Å². The zero-order valence-electron chi connectivity index (χ0n) is 21.8. The number of hydrogen-bond acceptors (Lipinski definition) is 6. The molecular weight excluding hydrogens is 426 g/mol. The molecule has 34 heavy (non-hydrogen) atoms. The van der Waals surface area contributed by atoms with Gasteiger partial charge in [-0.2, -0.15) is 5.10 Å². The summed E-state index contributed by atoms with van der Waals surface area (Å²) in [5, 5.41) is 4.56. The average molecular weight is 468 g/mol. The molecule has 0 aromatic carbocycles. The number of aryl methyl sites for hydroxylation is 1. The Kier molecular flexibility index (Phi) is 7.28. The van der Waals surface area contributed by atoms with Crippen molar-refractivity contribution < 1.29 is 4.79 Å². The van der Waals surface area contributed by atoms with Gasteiger partial charge in [-0.3, -0.25) is 14.4 Å². The van der Waals surface area contributed by atoms with Crippen LogP contribution in [0.3, 0.4) is 0 Å². The molecule has 2 saturated heterocycles. The smallest absolute Gasteiger partial charge is 0.272 e. The Labute approximate surface area is 204 Å². The van der Waals surface area contributed by atoms with Crippen molar-refractivity contribution in [2.45, 2.75) is 58.7 Å². The van der Waals surface area contributed by atoms with Crippen LogP contribution >= 0.6 is 0 Å². The molecule has 1 amide bonds. The van der Waals surface area contributed by atoms with Crippen LogP contribution in [0.2, 0.25) is 0 Å². The van der Waals surface area contributed by atoms with E-state index >= 15 is 0 Å². The van der Waals surface area contributed by atoms with Gasteiger partial charge in [0.05, 0.1) is 11.2 Å². The highest BCUT2D eigenvalue weighted by molar-refractivity contribution is 5.93. The molecule has 2 aromatic rings. The van der Waals surface area contributed by atoms with Crippen LogP contribution in [0, 0.1) is 6.92 Å². The van der Waals surface area contributed by atoms with E-state index in [-0.39, 0.29) is 11.4 Å². The van der Waals surface area contributed by atoms with Gasteiger partial charge in [-0.25, -0.2) is 4.98 Å². The highest BCUT2D eigenvalue weighted by Gasteiger charge is 2.29. The summed E-state index contributed by atoms with van der Waals surface area (Å²) in [4.78, 5) is 27.1. The Hall–Kier alpha value is -2.45. The third-order valence-electron chi connectivity index (χ3n) is 7.08. The van der Waals surface area contributed by atoms with E-state index in [2.05, 4.69) is 66.8 Å². The van der Waals surface area contributed by atoms with Gasteiger partial charge in [0, 0.05) is 45.0 Å². The largest absolute Gasteiger partial charge is 0.353 e. The fourth-order valence-electron chi connectivity index (χ4n) is 5.01. The van der Waals surface area contributed by atoms with Crippen molar-refractivity contribution in [1.29, 1.82) is 0 Å². The summed E-state index contributed by atoms with van der Waals surface area (Å²) in [5.41, 5.74) is 2.60. The van der Waals surface area contributed by atoms with Crippen molar-refractivity contribution in [3.05, 3.63) is 41.3 Å². The van der Waals surface area contributed by atoms with Crippen LogP contribution in [0.5, 0.6) is 0 Å². The van der Waals surface area contributed by atoms with Crippen LogP contribution in [0.25, 0.3) is 0 Å². The summed E-state index contributed by atoms with van der Waals surface area (Å²) in [6, 6.07) is 6.96. The maximum atomic E-state index is 13.2. The van der Waals surface area contributed by atoms with Gasteiger partial charge in [-0.15, -0.1) is 0 Å². The van der Waals surface area contributed by atoms with Gasteiger partial charge < -0.3 is 14.7 Å². The zero-order chi connectivity index (χ0) is 24.5. The molecule has 8 heteroatoms. The Morgan fingerprint density at radius 2 is 1.74 bits per heavy atom. The van der Waals surface area contributed by atoms with Crippen molar-refractivity contribution in [3.63, 3.8) is 0 Å². The first-order chi connectivity index (χ1) is 16.1. The Bertz CT molecular complexity index is 960. The number of piperidine rings is 1. The minimum atomic E-state index is -0.227. The minimum absolute atomic E-state index is 0.0662. The number of nitrogens with zero attached hydrogens (tertiary/aromatic N) is 7. The Morgan fingerprint density at radius 1 is 1.06 bits per heavy atom. The Morgan fingerprint density at radius 3 is 2.29 bits per heavy atom. The predicted octanol–water partition coefficient (Wildman–Crippen LogP) is 2.83. The molecule has 2 aliphatic rings. The fraction of sp³-hybridized carbons (Fsp3) is 0.654. The SMILES string of the molecule is Cc1cc(C(=O)N2CCN(c3ccc(CN4CCC(N(C)C)CC4)cn3)CC2)n(C(C)(C)C)n1. The molecule has 8 nitrogen and oxygen atoms in total. The van der Waals surface area contributed by atoms with E-state index in [1.54, 1.807) is 0 Å². The second-order valence-corrected chi connectivity index (χ2v) is 11.0. The second-order valence-electron chi connectivity index (χ2n) is 11.0. The number of aromatic nitrogens is 3. The van der Waals surface area contributed by atoms with E-state index in [0.717, 1.165) is 44.2 Å². The molecule has 2 aliphatic heterocycles. The number of hydrogen-bond donors (Lipinski definition) is 0. The number of anilines is 1. The topological polar surface area (TPSA) is 60.7 Å². The maximum absolute atomic E-state index is 13.2. The first-order valence-electron chi connectivity index (χ1n) is 12.6. The van der Waals surface area contributed by atoms with Gasteiger partial charge in [0.1, 0.15) is 11.5 Å². The van der Waals surface area contributed by atoms with Crippen LogP contribution in [0.15, 0.2) is 24.4 Å². The average Bonchev–Trinajstić information content (AvgIpc) is 3.22. The lowest BCUT2D eigenvalue weighted by Crippen LogP contribution is -2.49. The first-order valence-corrected chi connectivity index (χ1v) is 12.6. The molecule has 0 spiro atoms. The fourth-order valence-corrected chi connectivity index (χ4v) is 5.01. The third-order valence-corrected chi connectivity index (χ3v) is 7.08. The molecule has 186 valence electrons. The van der Waals surface area contributed by atoms with Crippen molar-refractivity contribution in [1.82, 2.24) is 29.5 Å². The van der Waals surface area contributed by atoms with Crippen molar-refractivity contribution in [3.8, 4) is 0 Å². The second kappa shape index (κ2) is 10.0. The summed E-state index contributed by atoms with van der Waals surface area (Å²) in [6.45, 7) is 14.4. The van der Waals surface area contributed by atoms with Crippen LogP contribution in [-0.2, 0) is 12.1 Å². The summed E-state index contributed by atoms with van der Waals surface area (Å²) in [6.07, 6.45) is 4.49. The standard InChI is InChI=1S/C26H41N7O/c1-20-17-23(33(28-20)26(2,3)4)25(34)32-15-13-31(14-16-32)24-8-7-21(18-27-24)19-30-11-9-22(10-12-30)29(5)6/h7-8,17-18,22H,9-16,19H2,1-6H3. The number of rotatable bonds is 5. The first kappa shape index (κ1) is 24.7. The number of carbonyl (C=O) groups is 1. The van der Waals surface area contributed by atoms with E-state index in [1.165, 1.54) is 18.4 Å². The normalized spacial score (nSPS) is 18.7. The van der Waals surface area contributed by atoms with Gasteiger partial charge in [0.25, 0.3) is 5.91 Å². The van der Waals surface area contributed by atoms with Crippen LogP contribution in [0.1, 0.15) is 55.4 Å². The number of likely N-dealkylation sites (tertiary alicyclic amines) is 1. The van der Waals surface area contributed by atoms with E-state index < -0.39 is 0 Å². The molecule has 0 saturated carbocycles. The minimum Gasteiger partial charge on any atom is -0.353 e. The predicted molar refractivity (Wildman–Crippen MR) is 136 cm³/mol. The number of piperazine rings is 1. The van der Waals surface area contributed by atoms with Crippen LogP contribution in [0.4, 0.5) is 5.82 Å². The molecule has 0 bridgehead atoms. The molecule has 4 heterocycles. The molecule has 0 aliphatic carbocycles. The molecular formula is C26H41N7O. The summed E-state index contributed by atoms with van der Waals surface area (Å²) in [5.74, 6) is 1.06. The quantitative estimate of drug-likeness (QED) is 0.674. The lowest BCUT2D eigenvalue weighted by molar-refractivity contribution is 0.0726. The van der Waals surface area contributed by atoms with Gasteiger partial charge in [0.15, 0.2) is 0 Å². The van der Waals surface area contributed by atoms with E-state index in [4.69, 9.17) is 4.98 Å². The van der Waals surface area contributed by atoms with Crippen molar-refractivity contribution >= 4 is 11.7 Å². The third kappa shape index (κ3) is 5.61. The molecule has 0 atom stereocenters. The lowest BCUT2D eigenvalue weighted by Gasteiger charge is -2.36. The maximum Gasteiger partial charge on any atom is 0.272 e. The summed E-state index contributed by atoms with van der Waals surface area (Å²) >= 11 is 0. The van der Waals surface area contributed by atoms with E-state index in [1.807, 2.05) is 28.8 Å². The molecule has 4 rings (SSSR count). The van der Waals surface area contributed by atoms with Crippen molar-refractivity contribution in [2.24, 2.45) is 0 Å². The van der Waals surface area contributed by atoms with Gasteiger partial charge >= 0.3 is 0 Å². The van der Waals surface area contributed by atoms with E-state index in [9.17, 15) is 4.79 Å². The van der Waals surface area contributed by atoms with Crippen LogP contribution in [-0.4, -0.2) is 94.8 Å². The monoisotopic (exact) mass is 467 g/mol. The number of amides is 1. The lowest BCUT2D eigenvalue weighted by atomic mass is 10.0. The van der Waals surface area contributed by atoms with E-state index in [0.29, 0.717) is 24.8 Å². The molecule has 2 fully saturated rings.